The van der Waals surface area contributed by atoms with Gasteiger partial charge in [0.25, 0.3) is 0 Å². The molecule has 1 unspecified atom stereocenters. The molecular formula is C13H16O. The van der Waals surface area contributed by atoms with Gasteiger partial charge >= 0.3 is 0 Å². The molecule has 0 amide bonds. The second-order valence-electron chi connectivity index (χ2n) is 4.13. The predicted molar refractivity (Wildman–Crippen MR) is 58.7 cm³/mol. The van der Waals surface area contributed by atoms with Gasteiger partial charge in [0.15, 0.2) is 0 Å². The Morgan fingerprint density at radius 3 is 2.71 bits per heavy atom. The molecule has 0 saturated carbocycles. The lowest BCUT2D eigenvalue weighted by atomic mass is 9.94. The van der Waals surface area contributed by atoms with Crippen molar-refractivity contribution >= 4 is 0 Å². The molecule has 2 rings (SSSR count). The minimum absolute atomic E-state index is 0.425. The minimum Gasteiger partial charge on any atom is -0.507 e. The Hall–Kier alpha value is -1.24. The second-order valence-corrected chi connectivity index (χ2v) is 4.13. The van der Waals surface area contributed by atoms with Crippen molar-refractivity contribution in [3.63, 3.8) is 0 Å². The number of hydrogen-bond acceptors (Lipinski definition) is 1. The fourth-order valence-electron chi connectivity index (χ4n) is 2.17. The smallest absolute Gasteiger partial charge is 0.122 e. The molecule has 0 bridgehead atoms. The molecule has 0 aliphatic heterocycles. The van der Waals surface area contributed by atoms with Crippen LogP contribution in [-0.4, -0.2) is 5.11 Å². The fraction of sp³-hybridized carbons (Fsp3) is 0.385. The van der Waals surface area contributed by atoms with Gasteiger partial charge < -0.3 is 5.11 Å². The molecule has 1 aliphatic rings. The van der Waals surface area contributed by atoms with Gasteiger partial charge in [-0.15, -0.1) is 0 Å². The van der Waals surface area contributed by atoms with Crippen LogP contribution >= 0.6 is 0 Å². The third-order valence-corrected chi connectivity index (χ3v) is 2.89. The van der Waals surface area contributed by atoms with E-state index < -0.39 is 0 Å². The van der Waals surface area contributed by atoms with E-state index in [4.69, 9.17) is 0 Å². The quantitative estimate of drug-likeness (QED) is 0.669. The standard InChI is InChI=1S/C13H16O/c1-9-7-10(2)13(14)12(8-9)11-5-3-4-6-11/h3,5,7-8,11,14H,4,6H2,1-2H3. The van der Waals surface area contributed by atoms with Gasteiger partial charge in [-0.3, -0.25) is 0 Å². The third kappa shape index (κ3) is 1.54. The second kappa shape index (κ2) is 3.49. The lowest BCUT2D eigenvalue weighted by Gasteiger charge is -2.13. The van der Waals surface area contributed by atoms with E-state index in [1.54, 1.807) is 0 Å². The van der Waals surface area contributed by atoms with Crippen LogP contribution in [0, 0.1) is 13.8 Å². The monoisotopic (exact) mass is 188 g/mol. The SMILES string of the molecule is Cc1cc(C)c(O)c(C2C=CCC2)c1. The van der Waals surface area contributed by atoms with Crippen LogP contribution in [-0.2, 0) is 0 Å². The maximum absolute atomic E-state index is 9.95. The van der Waals surface area contributed by atoms with Crippen LogP contribution in [0.1, 0.15) is 35.4 Å². The van der Waals surface area contributed by atoms with Crippen molar-refractivity contribution in [2.24, 2.45) is 0 Å². The zero-order valence-corrected chi connectivity index (χ0v) is 8.75. The maximum atomic E-state index is 9.95. The van der Waals surface area contributed by atoms with Gasteiger partial charge in [-0.05, 0) is 32.3 Å². The molecular weight excluding hydrogens is 172 g/mol. The third-order valence-electron chi connectivity index (χ3n) is 2.89. The van der Waals surface area contributed by atoms with E-state index in [1.807, 2.05) is 13.0 Å². The number of phenolic OH excluding ortho intramolecular Hbond substituents is 1. The van der Waals surface area contributed by atoms with Gasteiger partial charge in [-0.2, -0.15) is 0 Å². The highest BCUT2D eigenvalue weighted by molar-refractivity contribution is 5.46. The Balaban J connectivity index is 2.46. The summed E-state index contributed by atoms with van der Waals surface area (Å²) in [5.74, 6) is 0.903. The summed E-state index contributed by atoms with van der Waals surface area (Å²) in [5, 5.41) is 9.95. The van der Waals surface area contributed by atoms with E-state index in [0.29, 0.717) is 11.7 Å². The van der Waals surface area contributed by atoms with Crippen LogP contribution in [0.15, 0.2) is 24.3 Å². The average molecular weight is 188 g/mol. The van der Waals surface area contributed by atoms with Crippen molar-refractivity contribution in [1.29, 1.82) is 0 Å². The summed E-state index contributed by atoms with van der Waals surface area (Å²) in [4.78, 5) is 0. The predicted octanol–water partition coefficient (Wildman–Crippen LogP) is 3.44. The molecule has 1 nitrogen and oxygen atoms in total. The molecule has 0 spiro atoms. The van der Waals surface area contributed by atoms with E-state index >= 15 is 0 Å². The van der Waals surface area contributed by atoms with Crippen molar-refractivity contribution < 1.29 is 5.11 Å². The Morgan fingerprint density at radius 1 is 1.29 bits per heavy atom. The van der Waals surface area contributed by atoms with Crippen LogP contribution in [0.2, 0.25) is 0 Å². The van der Waals surface area contributed by atoms with Crippen LogP contribution in [0.25, 0.3) is 0 Å². The number of aryl methyl sites for hydroxylation is 2. The molecule has 1 aromatic rings. The number of rotatable bonds is 1. The van der Waals surface area contributed by atoms with Crippen LogP contribution in [0.5, 0.6) is 5.75 Å². The highest BCUT2D eigenvalue weighted by atomic mass is 16.3. The van der Waals surface area contributed by atoms with Gasteiger partial charge in [0.2, 0.25) is 0 Å². The van der Waals surface area contributed by atoms with Gasteiger partial charge in [0.1, 0.15) is 5.75 Å². The maximum Gasteiger partial charge on any atom is 0.122 e. The lowest BCUT2D eigenvalue weighted by molar-refractivity contribution is 0.460. The molecule has 74 valence electrons. The summed E-state index contributed by atoms with van der Waals surface area (Å²) < 4.78 is 0. The molecule has 1 atom stereocenters. The zero-order chi connectivity index (χ0) is 10.1. The summed E-state index contributed by atoms with van der Waals surface area (Å²) in [7, 11) is 0. The number of allylic oxidation sites excluding steroid dienone is 2. The number of aromatic hydroxyl groups is 1. The van der Waals surface area contributed by atoms with Crippen LogP contribution in [0.3, 0.4) is 0 Å². The average Bonchev–Trinajstić information content (AvgIpc) is 2.63. The molecule has 1 aliphatic carbocycles. The van der Waals surface area contributed by atoms with Gasteiger partial charge in [-0.1, -0.05) is 29.8 Å². The van der Waals surface area contributed by atoms with E-state index in [9.17, 15) is 5.11 Å². The summed E-state index contributed by atoms with van der Waals surface area (Å²) in [6.07, 6.45) is 6.67. The normalized spacial score (nSPS) is 20.3. The van der Waals surface area contributed by atoms with Crippen molar-refractivity contribution in [2.45, 2.75) is 32.6 Å². The lowest BCUT2D eigenvalue weighted by Crippen LogP contribution is -1.94. The van der Waals surface area contributed by atoms with E-state index in [-0.39, 0.29) is 0 Å². The van der Waals surface area contributed by atoms with Crippen LogP contribution < -0.4 is 0 Å². The summed E-state index contributed by atoms with van der Waals surface area (Å²) in [6, 6.07) is 4.13. The first-order chi connectivity index (χ1) is 6.68. The highest BCUT2D eigenvalue weighted by Crippen LogP contribution is 2.36. The Morgan fingerprint density at radius 2 is 2.07 bits per heavy atom. The molecule has 0 heterocycles. The molecule has 1 heteroatoms. The first-order valence-electron chi connectivity index (χ1n) is 5.15. The highest BCUT2D eigenvalue weighted by Gasteiger charge is 2.16. The van der Waals surface area contributed by atoms with Crippen molar-refractivity contribution in [2.75, 3.05) is 0 Å². The summed E-state index contributed by atoms with van der Waals surface area (Å²) >= 11 is 0. The molecule has 0 aromatic heterocycles. The Labute approximate surface area is 85.1 Å². The van der Waals surface area contributed by atoms with Gasteiger partial charge in [-0.25, -0.2) is 0 Å². The largest absolute Gasteiger partial charge is 0.507 e. The van der Waals surface area contributed by atoms with Crippen LogP contribution in [0.4, 0.5) is 0 Å². The first kappa shape index (κ1) is 9.32. The van der Waals surface area contributed by atoms with Crippen molar-refractivity contribution in [1.82, 2.24) is 0 Å². The molecule has 1 aromatic carbocycles. The number of hydrogen-bond donors (Lipinski definition) is 1. The van der Waals surface area contributed by atoms with Gasteiger partial charge in [0.05, 0.1) is 0 Å². The molecule has 14 heavy (non-hydrogen) atoms. The zero-order valence-electron chi connectivity index (χ0n) is 8.75. The van der Waals surface area contributed by atoms with Crippen molar-refractivity contribution in [3.8, 4) is 5.75 Å². The fourth-order valence-corrected chi connectivity index (χ4v) is 2.17. The number of phenols is 1. The Kier molecular flexibility index (Phi) is 2.32. The van der Waals surface area contributed by atoms with E-state index in [0.717, 1.165) is 24.0 Å². The molecule has 0 saturated heterocycles. The first-order valence-corrected chi connectivity index (χ1v) is 5.15. The van der Waals surface area contributed by atoms with E-state index in [2.05, 4.69) is 25.1 Å². The topological polar surface area (TPSA) is 20.2 Å². The molecule has 0 radical (unpaired) electrons. The Bertz CT molecular complexity index is 377. The molecule has 0 fully saturated rings. The van der Waals surface area contributed by atoms with E-state index in [1.165, 1.54) is 5.56 Å². The molecule has 1 N–H and O–H groups in total. The minimum atomic E-state index is 0.425. The summed E-state index contributed by atoms with van der Waals surface area (Å²) in [5.41, 5.74) is 3.31. The number of benzene rings is 1. The van der Waals surface area contributed by atoms with Crippen molar-refractivity contribution in [3.05, 3.63) is 41.0 Å². The van der Waals surface area contributed by atoms with Gasteiger partial charge in [0, 0.05) is 11.5 Å². The summed E-state index contributed by atoms with van der Waals surface area (Å²) in [6.45, 7) is 4.04.